The van der Waals surface area contributed by atoms with Gasteiger partial charge in [-0.25, -0.2) is 13.6 Å². The summed E-state index contributed by atoms with van der Waals surface area (Å²) in [5, 5.41) is 0. The summed E-state index contributed by atoms with van der Waals surface area (Å²) in [6.07, 6.45) is -2.48. The number of nitrogens with zero attached hydrogens (tertiary/aromatic N) is 2. The number of ether oxygens (including phenoxy) is 1. The third kappa shape index (κ3) is 2.19. The number of hydrogen-bond acceptors (Lipinski definition) is 3. The Kier molecular flexibility index (Phi) is 2.77. The van der Waals surface area contributed by atoms with E-state index < -0.39 is 19.1 Å². The van der Waals surface area contributed by atoms with E-state index in [-0.39, 0.29) is 12.1 Å². The number of fused-ring (bicyclic) bond motifs is 2. The number of carbonyl (C=O) groups is 1. The maximum Gasteiger partial charge on any atom is 0.410 e. The zero-order valence-corrected chi connectivity index (χ0v) is 8.53. The Morgan fingerprint density at radius 3 is 2.93 bits per heavy atom. The van der Waals surface area contributed by atoms with E-state index in [1.807, 2.05) is 7.05 Å². The largest absolute Gasteiger partial charge is 0.445 e. The lowest BCUT2D eigenvalue weighted by atomic mass is 10.2. The molecule has 2 atom stereocenters. The number of amides is 1. The Morgan fingerprint density at radius 2 is 2.27 bits per heavy atom. The molecule has 0 aromatic carbocycles. The van der Waals surface area contributed by atoms with Gasteiger partial charge in [-0.15, -0.1) is 0 Å². The molecule has 15 heavy (non-hydrogen) atoms. The van der Waals surface area contributed by atoms with Crippen molar-refractivity contribution in [3.05, 3.63) is 0 Å². The van der Waals surface area contributed by atoms with Crippen LogP contribution in [-0.4, -0.2) is 61.1 Å². The van der Waals surface area contributed by atoms with Crippen LogP contribution in [0.1, 0.15) is 6.42 Å². The number of rotatable bonds is 2. The molecule has 0 aromatic heterocycles. The number of likely N-dealkylation sites (tertiary alicyclic amines) is 1. The van der Waals surface area contributed by atoms with Crippen LogP contribution in [0.4, 0.5) is 13.6 Å². The fourth-order valence-corrected chi connectivity index (χ4v) is 2.19. The minimum atomic E-state index is -2.50. The van der Waals surface area contributed by atoms with E-state index in [1.54, 1.807) is 0 Å². The fourth-order valence-electron chi connectivity index (χ4n) is 2.19. The van der Waals surface area contributed by atoms with Gasteiger partial charge in [0, 0.05) is 25.6 Å². The normalized spacial score (nSPS) is 32.0. The zero-order chi connectivity index (χ0) is 11.0. The van der Waals surface area contributed by atoms with Crippen LogP contribution in [0.2, 0.25) is 0 Å². The van der Waals surface area contributed by atoms with Gasteiger partial charge in [0.15, 0.2) is 0 Å². The first kappa shape index (κ1) is 10.6. The van der Waals surface area contributed by atoms with Crippen molar-refractivity contribution in [2.75, 3.05) is 26.7 Å². The van der Waals surface area contributed by atoms with E-state index in [4.69, 9.17) is 4.74 Å². The highest BCUT2D eigenvalue weighted by Gasteiger charge is 2.39. The fraction of sp³-hybridized carbons (Fsp3) is 0.889. The molecule has 2 aliphatic heterocycles. The number of likely N-dealkylation sites (N-methyl/N-ethyl adjacent to an activating group) is 1. The monoisotopic (exact) mass is 220 g/mol. The second-order valence-corrected chi connectivity index (χ2v) is 4.13. The van der Waals surface area contributed by atoms with Crippen LogP contribution in [0.3, 0.4) is 0 Å². The van der Waals surface area contributed by atoms with Gasteiger partial charge in [0.25, 0.3) is 6.43 Å². The summed E-state index contributed by atoms with van der Waals surface area (Å²) in [7, 11) is 1.92. The van der Waals surface area contributed by atoms with Crippen molar-refractivity contribution in [2.45, 2.75) is 25.0 Å². The number of hydrogen-bond donors (Lipinski definition) is 0. The van der Waals surface area contributed by atoms with E-state index in [0.29, 0.717) is 13.1 Å². The highest BCUT2D eigenvalue weighted by Crippen LogP contribution is 2.24. The molecule has 2 heterocycles. The van der Waals surface area contributed by atoms with Gasteiger partial charge in [0.05, 0.1) is 6.54 Å². The second kappa shape index (κ2) is 3.92. The third-order valence-electron chi connectivity index (χ3n) is 2.97. The van der Waals surface area contributed by atoms with Gasteiger partial charge >= 0.3 is 6.09 Å². The summed E-state index contributed by atoms with van der Waals surface area (Å²) in [5.41, 5.74) is 0. The summed E-state index contributed by atoms with van der Waals surface area (Å²) >= 11 is 0. The summed E-state index contributed by atoms with van der Waals surface area (Å²) in [6, 6.07) is 0.153. The lowest BCUT2D eigenvalue weighted by Crippen LogP contribution is -2.44. The highest BCUT2D eigenvalue weighted by atomic mass is 19.3. The molecule has 0 saturated carbocycles. The Bertz CT molecular complexity index is 262. The molecule has 1 amide bonds. The molecular formula is C9H14F2N2O2. The van der Waals surface area contributed by atoms with Gasteiger partial charge in [-0.3, -0.25) is 4.90 Å². The van der Waals surface area contributed by atoms with Crippen LogP contribution in [0.5, 0.6) is 0 Å². The Labute approximate surface area is 86.8 Å². The number of halogens is 2. The molecule has 0 spiro atoms. The molecule has 0 aromatic rings. The standard InChI is InChI=1S/C9H14F2N2O2/c1-12-4-7-2-6(12)3-13(5-8(10)11)9(14)15-7/h6-8H,2-5H2,1H3. The molecule has 0 N–H and O–H groups in total. The average Bonchev–Trinajstić information content (AvgIpc) is 2.36. The Morgan fingerprint density at radius 1 is 1.53 bits per heavy atom. The number of alkyl halides is 2. The highest BCUT2D eigenvalue weighted by molar-refractivity contribution is 5.68. The molecule has 2 bridgehead atoms. The molecule has 0 radical (unpaired) electrons. The van der Waals surface area contributed by atoms with Crippen molar-refractivity contribution >= 4 is 6.09 Å². The van der Waals surface area contributed by atoms with Crippen LogP contribution in [0, 0.1) is 0 Å². The van der Waals surface area contributed by atoms with Gasteiger partial charge in [0.2, 0.25) is 0 Å². The predicted octanol–water partition coefficient (Wildman–Crippen LogP) is 0.776. The summed E-state index contributed by atoms with van der Waals surface area (Å²) in [4.78, 5) is 14.6. The maximum absolute atomic E-state index is 12.2. The topological polar surface area (TPSA) is 32.8 Å². The molecule has 2 saturated heterocycles. The lowest BCUT2D eigenvalue weighted by Gasteiger charge is -2.28. The summed E-state index contributed by atoms with van der Waals surface area (Å²) < 4.78 is 29.5. The van der Waals surface area contributed by atoms with Crippen molar-refractivity contribution in [2.24, 2.45) is 0 Å². The smallest absolute Gasteiger partial charge is 0.410 e. The first-order chi connectivity index (χ1) is 7.06. The quantitative estimate of drug-likeness (QED) is 0.689. The van der Waals surface area contributed by atoms with Crippen molar-refractivity contribution in [1.29, 1.82) is 0 Å². The van der Waals surface area contributed by atoms with Crippen LogP contribution >= 0.6 is 0 Å². The first-order valence-electron chi connectivity index (χ1n) is 5.00. The van der Waals surface area contributed by atoms with Gasteiger partial charge < -0.3 is 9.64 Å². The van der Waals surface area contributed by atoms with Crippen LogP contribution < -0.4 is 0 Å². The molecule has 0 aliphatic carbocycles. The van der Waals surface area contributed by atoms with E-state index in [2.05, 4.69) is 4.90 Å². The van der Waals surface area contributed by atoms with E-state index in [9.17, 15) is 13.6 Å². The third-order valence-corrected chi connectivity index (χ3v) is 2.97. The lowest BCUT2D eigenvalue weighted by molar-refractivity contribution is 0.0379. The maximum atomic E-state index is 12.2. The van der Waals surface area contributed by atoms with Gasteiger partial charge in [-0.1, -0.05) is 0 Å². The molecule has 2 rings (SSSR count). The molecule has 2 aliphatic rings. The van der Waals surface area contributed by atoms with Crippen LogP contribution in [-0.2, 0) is 4.74 Å². The molecule has 86 valence electrons. The van der Waals surface area contributed by atoms with E-state index in [0.717, 1.165) is 11.3 Å². The van der Waals surface area contributed by atoms with Gasteiger partial charge in [0.1, 0.15) is 6.10 Å². The number of carbonyl (C=O) groups excluding carboxylic acids is 1. The minimum absolute atomic E-state index is 0.129. The van der Waals surface area contributed by atoms with Crippen LogP contribution in [0.25, 0.3) is 0 Å². The van der Waals surface area contributed by atoms with Gasteiger partial charge in [-0.05, 0) is 7.05 Å². The van der Waals surface area contributed by atoms with E-state index in [1.165, 1.54) is 0 Å². The average molecular weight is 220 g/mol. The molecule has 2 fully saturated rings. The molecular weight excluding hydrogens is 206 g/mol. The van der Waals surface area contributed by atoms with Gasteiger partial charge in [-0.2, -0.15) is 0 Å². The van der Waals surface area contributed by atoms with E-state index >= 15 is 0 Å². The zero-order valence-electron chi connectivity index (χ0n) is 8.53. The predicted molar refractivity (Wildman–Crippen MR) is 48.9 cm³/mol. The Balaban J connectivity index is 2.04. The van der Waals surface area contributed by atoms with Crippen molar-refractivity contribution in [1.82, 2.24) is 9.80 Å². The molecule has 6 heteroatoms. The van der Waals surface area contributed by atoms with Crippen molar-refractivity contribution < 1.29 is 18.3 Å². The minimum Gasteiger partial charge on any atom is -0.445 e. The SMILES string of the molecule is CN1CC2CC1CN(CC(F)F)C(=O)O2. The molecule has 2 unspecified atom stereocenters. The first-order valence-corrected chi connectivity index (χ1v) is 5.00. The van der Waals surface area contributed by atoms with Crippen molar-refractivity contribution in [3.63, 3.8) is 0 Å². The second-order valence-electron chi connectivity index (χ2n) is 4.13. The van der Waals surface area contributed by atoms with Crippen LogP contribution in [0.15, 0.2) is 0 Å². The summed E-state index contributed by atoms with van der Waals surface area (Å²) in [5.74, 6) is 0. The summed E-state index contributed by atoms with van der Waals surface area (Å²) in [6.45, 7) is 0.519. The Hall–Kier alpha value is -0.910. The molecule has 4 nitrogen and oxygen atoms in total. The van der Waals surface area contributed by atoms with Crippen molar-refractivity contribution in [3.8, 4) is 0 Å².